The molecule has 1 saturated carbocycles. The summed E-state index contributed by atoms with van der Waals surface area (Å²) in [6, 6.07) is 4.67. The number of anilines is 1. The predicted octanol–water partition coefficient (Wildman–Crippen LogP) is 1.99. The number of fused-ring (bicyclic) bond motifs is 1. The fraction of sp³-hybridized carbons (Fsp3) is 0.684. The molecule has 1 amide bonds. The quantitative estimate of drug-likeness (QED) is 0.730. The molecular weight excluding hydrogens is 348 g/mol. The summed E-state index contributed by atoms with van der Waals surface area (Å²) in [6.07, 6.45) is 8.89. The minimum atomic E-state index is 0.0799. The predicted molar refractivity (Wildman–Crippen MR) is 104 cm³/mol. The molecule has 4 rings (SSSR count). The Morgan fingerprint density at radius 1 is 1.19 bits per heavy atom. The van der Waals surface area contributed by atoms with E-state index in [0.717, 1.165) is 56.8 Å². The molecule has 142 valence electrons. The van der Waals surface area contributed by atoms with Crippen molar-refractivity contribution in [1.29, 1.82) is 0 Å². The van der Waals surface area contributed by atoms with E-state index in [1.807, 2.05) is 36.3 Å². The smallest absolute Gasteiger partial charge is 0.225 e. The number of carbonyl (C=O) groups excluding carboxylic acids is 1. The van der Waals surface area contributed by atoms with Gasteiger partial charge < -0.3 is 15.4 Å². The van der Waals surface area contributed by atoms with Crippen LogP contribution in [0, 0.1) is 5.92 Å². The molecule has 0 radical (unpaired) electrons. The second-order valence-electron chi connectivity index (χ2n) is 7.48. The van der Waals surface area contributed by atoms with Gasteiger partial charge in [-0.15, -0.1) is 0 Å². The van der Waals surface area contributed by atoms with E-state index in [-0.39, 0.29) is 24.0 Å². The molecule has 1 aliphatic carbocycles. The summed E-state index contributed by atoms with van der Waals surface area (Å²) in [4.78, 5) is 16.6. The van der Waals surface area contributed by atoms with E-state index in [1.165, 1.54) is 0 Å². The molecule has 0 bridgehead atoms. The molecule has 0 spiro atoms. The maximum Gasteiger partial charge on any atom is 0.225 e. The van der Waals surface area contributed by atoms with Crippen LogP contribution in [0.2, 0.25) is 0 Å². The Balaban J connectivity index is 1.30. The first-order valence-electron chi connectivity index (χ1n) is 9.70. The van der Waals surface area contributed by atoms with E-state index in [2.05, 4.69) is 20.9 Å². The van der Waals surface area contributed by atoms with Gasteiger partial charge in [-0.05, 0) is 44.2 Å². The molecule has 3 fully saturated rings. The highest BCUT2D eigenvalue weighted by molar-refractivity contribution is 7.99. The summed E-state index contributed by atoms with van der Waals surface area (Å²) in [5.41, 5.74) is 1.11. The van der Waals surface area contributed by atoms with Gasteiger partial charge in [0.2, 0.25) is 5.91 Å². The van der Waals surface area contributed by atoms with Crippen LogP contribution in [0.4, 0.5) is 5.69 Å². The van der Waals surface area contributed by atoms with Gasteiger partial charge in [0, 0.05) is 54.4 Å². The first-order chi connectivity index (χ1) is 12.8. The standard InChI is InChI=1S/C19H28N4O2S/c24-19-16-2-1-14(21-13-3-7-20-8-4-13)11-17(16)22-18(23-19)12-26-15-5-9-25-10-6-15/h3-4,7-8,14-18,22H,1-2,5-6,9-12H2,(H,20,21)(H,23,24). The van der Waals surface area contributed by atoms with Crippen LogP contribution in [0.25, 0.3) is 0 Å². The normalized spacial score (nSPS) is 32.5. The number of thioether (sulfide) groups is 1. The summed E-state index contributed by atoms with van der Waals surface area (Å²) in [7, 11) is 0. The Hall–Kier alpha value is -1.31. The van der Waals surface area contributed by atoms with Gasteiger partial charge in [0.1, 0.15) is 0 Å². The lowest BCUT2D eigenvalue weighted by molar-refractivity contribution is -0.130. The van der Waals surface area contributed by atoms with E-state index in [9.17, 15) is 4.79 Å². The highest BCUT2D eigenvalue weighted by Gasteiger charge is 2.40. The fourth-order valence-electron chi connectivity index (χ4n) is 4.23. The first-order valence-corrected chi connectivity index (χ1v) is 10.7. The molecule has 2 aliphatic heterocycles. The van der Waals surface area contributed by atoms with Gasteiger partial charge in [-0.25, -0.2) is 0 Å². The molecule has 1 aromatic heterocycles. The lowest BCUT2D eigenvalue weighted by Gasteiger charge is -2.43. The van der Waals surface area contributed by atoms with Crippen molar-refractivity contribution in [2.75, 3.05) is 24.3 Å². The van der Waals surface area contributed by atoms with Crippen molar-refractivity contribution >= 4 is 23.4 Å². The Labute approximate surface area is 159 Å². The lowest BCUT2D eigenvalue weighted by atomic mass is 9.79. The van der Waals surface area contributed by atoms with Gasteiger partial charge in [0.05, 0.1) is 12.1 Å². The number of nitrogens with one attached hydrogen (secondary N) is 3. The Bertz CT molecular complexity index is 596. The van der Waals surface area contributed by atoms with Crippen LogP contribution in [0.15, 0.2) is 24.5 Å². The van der Waals surface area contributed by atoms with Crippen molar-refractivity contribution in [2.45, 2.75) is 55.6 Å². The van der Waals surface area contributed by atoms with E-state index in [4.69, 9.17) is 4.74 Å². The number of carbonyl (C=O) groups is 1. The summed E-state index contributed by atoms with van der Waals surface area (Å²) in [5.74, 6) is 1.27. The Morgan fingerprint density at radius 3 is 2.81 bits per heavy atom. The van der Waals surface area contributed by atoms with E-state index < -0.39 is 0 Å². The minimum Gasteiger partial charge on any atom is -0.382 e. The number of amides is 1. The van der Waals surface area contributed by atoms with E-state index >= 15 is 0 Å². The summed E-state index contributed by atoms with van der Waals surface area (Å²) in [5, 5.41) is 11.1. The van der Waals surface area contributed by atoms with Gasteiger partial charge >= 0.3 is 0 Å². The van der Waals surface area contributed by atoms with Crippen LogP contribution < -0.4 is 16.0 Å². The van der Waals surface area contributed by atoms with Gasteiger partial charge in [0.15, 0.2) is 0 Å². The molecule has 4 unspecified atom stereocenters. The number of hydrogen-bond acceptors (Lipinski definition) is 6. The Morgan fingerprint density at radius 2 is 2.00 bits per heavy atom. The maximum absolute atomic E-state index is 12.5. The lowest BCUT2D eigenvalue weighted by Crippen LogP contribution is -2.64. The van der Waals surface area contributed by atoms with Crippen molar-refractivity contribution in [3.8, 4) is 0 Å². The zero-order valence-corrected chi connectivity index (χ0v) is 15.8. The topological polar surface area (TPSA) is 75.3 Å². The molecular formula is C19H28N4O2S. The molecule has 3 heterocycles. The Kier molecular flexibility index (Phi) is 5.97. The number of rotatable bonds is 5. The number of ether oxygens (including phenoxy) is 1. The first kappa shape index (κ1) is 18.1. The summed E-state index contributed by atoms with van der Waals surface area (Å²) >= 11 is 1.97. The molecule has 3 N–H and O–H groups in total. The van der Waals surface area contributed by atoms with Crippen LogP contribution in [0.3, 0.4) is 0 Å². The van der Waals surface area contributed by atoms with Crippen LogP contribution in [-0.2, 0) is 9.53 Å². The van der Waals surface area contributed by atoms with Crippen LogP contribution in [0.1, 0.15) is 32.1 Å². The van der Waals surface area contributed by atoms with Crippen LogP contribution >= 0.6 is 11.8 Å². The van der Waals surface area contributed by atoms with Crippen LogP contribution in [-0.4, -0.2) is 53.4 Å². The number of nitrogens with zero attached hydrogens (tertiary/aromatic N) is 1. The third-order valence-corrected chi connectivity index (χ3v) is 7.11. The maximum atomic E-state index is 12.5. The highest BCUT2D eigenvalue weighted by Crippen LogP contribution is 2.30. The molecule has 1 aromatic rings. The van der Waals surface area contributed by atoms with Crippen molar-refractivity contribution in [3.63, 3.8) is 0 Å². The SMILES string of the molecule is O=C1NC(CSC2CCOCC2)NC2CC(Nc3ccncc3)CCC12. The van der Waals surface area contributed by atoms with Gasteiger partial charge in [0.25, 0.3) is 0 Å². The van der Waals surface area contributed by atoms with Crippen molar-refractivity contribution in [2.24, 2.45) is 5.92 Å². The van der Waals surface area contributed by atoms with Gasteiger partial charge in [-0.3, -0.25) is 15.1 Å². The third-order valence-electron chi connectivity index (χ3n) is 5.64. The zero-order chi connectivity index (χ0) is 17.8. The second-order valence-corrected chi connectivity index (χ2v) is 8.81. The number of hydrogen-bond donors (Lipinski definition) is 3. The van der Waals surface area contributed by atoms with Crippen molar-refractivity contribution in [3.05, 3.63) is 24.5 Å². The average molecular weight is 377 g/mol. The molecule has 4 atom stereocenters. The molecule has 0 aromatic carbocycles. The summed E-state index contributed by atoms with van der Waals surface area (Å²) < 4.78 is 5.43. The van der Waals surface area contributed by atoms with Gasteiger partial charge in [-0.1, -0.05) is 0 Å². The summed E-state index contributed by atoms with van der Waals surface area (Å²) in [6.45, 7) is 1.74. The fourth-order valence-corrected chi connectivity index (χ4v) is 5.40. The highest BCUT2D eigenvalue weighted by atomic mass is 32.2. The molecule has 6 nitrogen and oxygen atoms in total. The van der Waals surface area contributed by atoms with Crippen molar-refractivity contribution in [1.82, 2.24) is 15.6 Å². The average Bonchev–Trinajstić information content (AvgIpc) is 2.68. The molecule has 2 saturated heterocycles. The molecule has 3 aliphatic rings. The van der Waals surface area contributed by atoms with E-state index in [1.54, 1.807) is 0 Å². The molecule has 26 heavy (non-hydrogen) atoms. The van der Waals surface area contributed by atoms with Gasteiger partial charge in [-0.2, -0.15) is 11.8 Å². The number of aromatic nitrogens is 1. The van der Waals surface area contributed by atoms with Crippen LogP contribution in [0.5, 0.6) is 0 Å². The van der Waals surface area contributed by atoms with Crippen molar-refractivity contribution < 1.29 is 9.53 Å². The minimum absolute atomic E-state index is 0.0799. The monoisotopic (exact) mass is 376 g/mol. The number of pyridine rings is 1. The third kappa shape index (κ3) is 4.50. The zero-order valence-electron chi connectivity index (χ0n) is 15.0. The molecule has 7 heteroatoms. The van der Waals surface area contributed by atoms with E-state index in [0.29, 0.717) is 11.3 Å². The second kappa shape index (κ2) is 8.59. The largest absolute Gasteiger partial charge is 0.382 e.